The fraction of sp³-hybridized carbons (Fsp3) is 0.357. The second kappa shape index (κ2) is 5.48. The summed E-state index contributed by atoms with van der Waals surface area (Å²) in [7, 11) is 0. The Morgan fingerprint density at radius 1 is 1.26 bits per heavy atom. The van der Waals surface area contributed by atoms with E-state index in [1.165, 1.54) is 11.3 Å². The van der Waals surface area contributed by atoms with Gasteiger partial charge in [-0.25, -0.2) is 4.98 Å². The molecule has 0 aromatic carbocycles. The number of rotatable bonds is 2. The number of amides is 1. The van der Waals surface area contributed by atoms with Crippen LogP contribution in [0.2, 0.25) is 0 Å². The largest absolute Gasteiger partial charge is 0.337 e. The number of hydrogen-bond acceptors (Lipinski definition) is 4. The quantitative estimate of drug-likeness (QED) is 0.844. The standard InChI is InChI=1S/C14H15N3OS/c18-14(13-9-19-10-16-13)17-7-4-11(5-8-17)12-3-1-2-6-15-12/h1-3,6,9-11H,4-5,7-8H2. The zero-order valence-electron chi connectivity index (χ0n) is 10.5. The molecule has 98 valence electrons. The molecule has 0 bridgehead atoms. The molecule has 1 fully saturated rings. The lowest BCUT2D eigenvalue weighted by Gasteiger charge is -2.31. The van der Waals surface area contributed by atoms with Crippen LogP contribution in [0.25, 0.3) is 0 Å². The minimum atomic E-state index is 0.0562. The van der Waals surface area contributed by atoms with E-state index in [4.69, 9.17) is 0 Å². The smallest absolute Gasteiger partial charge is 0.273 e. The lowest BCUT2D eigenvalue weighted by atomic mass is 9.93. The Balaban J connectivity index is 1.62. The van der Waals surface area contributed by atoms with Gasteiger partial charge in [-0.05, 0) is 25.0 Å². The molecule has 1 saturated heterocycles. The summed E-state index contributed by atoms with van der Waals surface area (Å²) in [5.41, 5.74) is 3.41. The van der Waals surface area contributed by atoms with E-state index < -0.39 is 0 Å². The first kappa shape index (κ1) is 12.3. The highest BCUT2D eigenvalue weighted by Crippen LogP contribution is 2.26. The van der Waals surface area contributed by atoms with Gasteiger partial charge in [0.1, 0.15) is 5.69 Å². The van der Waals surface area contributed by atoms with Crippen molar-refractivity contribution in [1.29, 1.82) is 0 Å². The summed E-state index contributed by atoms with van der Waals surface area (Å²) in [5.74, 6) is 0.529. The number of thiazole rings is 1. The van der Waals surface area contributed by atoms with Gasteiger partial charge < -0.3 is 4.90 Å². The first-order valence-corrected chi connectivity index (χ1v) is 7.37. The van der Waals surface area contributed by atoms with Crippen LogP contribution in [0.3, 0.4) is 0 Å². The number of piperidine rings is 1. The molecule has 4 nitrogen and oxygen atoms in total. The maximum atomic E-state index is 12.2. The number of carbonyl (C=O) groups excluding carboxylic acids is 1. The van der Waals surface area contributed by atoms with E-state index in [0.29, 0.717) is 11.6 Å². The molecule has 2 aromatic rings. The SMILES string of the molecule is O=C(c1cscn1)N1CCC(c2ccccn2)CC1. The van der Waals surface area contributed by atoms with E-state index in [0.717, 1.165) is 31.6 Å². The molecule has 0 unspecified atom stereocenters. The van der Waals surface area contributed by atoms with Crippen molar-refractivity contribution in [3.8, 4) is 0 Å². The Kier molecular flexibility index (Phi) is 3.55. The molecule has 0 spiro atoms. The van der Waals surface area contributed by atoms with Gasteiger partial charge in [0.15, 0.2) is 0 Å². The zero-order chi connectivity index (χ0) is 13.1. The van der Waals surface area contributed by atoms with E-state index in [9.17, 15) is 4.79 Å². The van der Waals surface area contributed by atoms with Gasteiger partial charge in [0.25, 0.3) is 5.91 Å². The molecule has 0 radical (unpaired) electrons. The van der Waals surface area contributed by atoms with Gasteiger partial charge in [-0.1, -0.05) is 6.07 Å². The molecule has 19 heavy (non-hydrogen) atoms. The third-order valence-corrected chi connectivity index (χ3v) is 4.13. The maximum absolute atomic E-state index is 12.2. The number of likely N-dealkylation sites (tertiary alicyclic amines) is 1. The predicted octanol–water partition coefficient (Wildman–Crippen LogP) is 2.56. The van der Waals surface area contributed by atoms with Crippen LogP contribution >= 0.6 is 11.3 Å². The molecule has 3 heterocycles. The van der Waals surface area contributed by atoms with Crippen molar-refractivity contribution in [2.45, 2.75) is 18.8 Å². The van der Waals surface area contributed by atoms with Gasteiger partial charge >= 0.3 is 0 Å². The summed E-state index contributed by atoms with van der Waals surface area (Å²) < 4.78 is 0. The molecule has 1 amide bonds. The van der Waals surface area contributed by atoms with E-state index in [1.54, 1.807) is 5.51 Å². The van der Waals surface area contributed by atoms with Crippen molar-refractivity contribution >= 4 is 17.2 Å². The first-order valence-electron chi connectivity index (χ1n) is 6.43. The number of nitrogens with zero attached hydrogens (tertiary/aromatic N) is 3. The average molecular weight is 273 g/mol. The molecular weight excluding hydrogens is 258 g/mol. The molecule has 1 aliphatic heterocycles. The van der Waals surface area contributed by atoms with Crippen LogP contribution in [0, 0.1) is 0 Å². The first-order chi connectivity index (χ1) is 9.34. The zero-order valence-corrected chi connectivity index (χ0v) is 11.3. The summed E-state index contributed by atoms with van der Waals surface area (Å²) in [5, 5.41) is 1.81. The van der Waals surface area contributed by atoms with Gasteiger partial charge in [-0.2, -0.15) is 0 Å². The number of hydrogen-bond donors (Lipinski definition) is 0. The molecule has 0 N–H and O–H groups in total. The van der Waals surface area contributed by atoms with Crippen molar-refractivity contribution in [3.63, 3.8) is 0 Å². The Morgan fingerprint density at radius 3 is 2.74 bits per heavy atom. The minimum Gasteiger partial charge on any atom is -0.337 e. The molecule has 0 atom stereocenters. The van der Waals surface area contributed by atoms with Gasteiger partial charge in [0, 0.05) is 36.3 Å². The van der Waals surface area contributed by atoms with Gasteiger partial charge in [-0.3, -0.25) is 9.78 Å². The van der Waals surface area contributed by atoms with E-state index in [2.05, 4.69) is 16.0 Å². The van der Waals surface area contributed by atoms with Gasteiger partial charge in [-0.15, -0.1) is 11.3 Å². The monoisotopic (exact) mass is 273 g/mol. The maximum Gasteiger partial charge on any atom is 0.273 e. The molecule has 0 saturated carbocycles. The van der Waals surface area contributed by atoms with Crippen molar-refractivity contribution in [1.82, 2.24) is 14.9 Å². The van der Waals surface area contributed by atoms with Crippen molar-refractivity contribution in [3.05, 3.63) is 46.7 Å². The fourth-order valence-electron chi connectivity index (χ4n) is 2.48. The Hall–Kier alpha value is -1.75. The molecule has 2 aromatic heterocycles. The second-order valence-electron chi connectivity index (χ2n) is 4.69. The van der Waals surface area contributed by atoms with Crippen molar-refractivity contribution in [2.75, 3.05) is 13.1 Å². The van der Waals surface area contributed by atoms with Crippen molar-refractivity contribution < 1.29 is 4.79 Å². The molecule has 3 rings (SSSR count). The Labute approximate surface area is 116 Å². The molecular formula is C14H15N3OS. The van der Waals surface area contributed by atoms with Crippen LogP contribution < -0.4 is 0 Å². The molecule has 0 aliphatic carbocycles. The van der Waals surface area contributed by atoms with E-state index >= 15 is 0 Å². The third kappa shape index (κ3) is 2.66. The normalized spacial score (nSPS) is 16.5. The van der Waals surface area contributed by atoms with Gasteiger partial charge in [0.2, 0.25) is 0 Å². The highest BCUT2D eigenvalue weighted by molar-refractivity contribution is 7.07. The second-order valence-corrected chi connectivity index (χ2v) is 5.41. The lowest BCUT2D eigenvalue weighted by Crippen LogP contribution is -2.38. The summed E-state index contributed by atoms with van der Waals surface area (Å²) in [6.07, 6.45) is 3.79. The summed E-state index contributed by atoms with van der Waals surface area (Å²) in [6.45, 7) is 1.58. The lowest BCUT2D eigenvalue weighted by molar-refractivity contribution is 0.0707. The van der Waals surface area contributed by atoms with E-state index in [-0.39, 0.29) is 5.91 Å². The number of aromatic nitrogens is 2. The van der Waals surface area contributed by atoms with Crippen LogP contribution in [0.4, 0.5) is 0 Å². The average Bonchev–Trinajstić information content (AvgIpc) is 3.02. The van der Waals surface area contributed by atoms with Crippen LogP contribution in [0.5, 0.6) is 0 Å². The van der Waals surface area contributed by atoms with Crippen LogP contribution in [0.1, 0.15) is 34.9 Å². The summed E-state index contributed by atoms with van der Waals surface area (Å²) in [4.78, 5) is 22.5. The van der Waals surface area contributed by atoms with E-state index in [1.807, 2.05) is 28.6 Å². The summed E-state index contributed by atoms with van der Waals surface area (Å²) >= 11 is 1.46. The molecule has 5 heteroatoms. The van der Waals surface area contributed by atoms with Crippen LogP contribution in [-0.4, -0.2) is 33.9 Å². The number of carbonyl (C=O) groups is 1. The highest BCUT2D eigenvalue weighted by atomic mass is 32.1. The summed E-state index contributed by atoms with van der Waals surface area (Å²) in [6, 6.07) is 6.03. The Morgan fingerprint density at radius 2 is 2.11 bits per heavy atom. The van der Waals surface area contributed by atoms with Gasteiger partial charge in [0.05, 0.1) is 5.51 Å². The topological polar surface area (TPSA) is 46.1 Å². The number of pyridine rings is 1. The van der Waals surface area contributed by atoms with Crippen molar-refractivity contribution in [2.24, 2.45) is 0 Å². The highest BCUT2D eigenvalue weighted by Gasteiger charge is 2.25. The van der Waals surface area contributed by atoms with Crippen LogP contribution in [-0.2, 0) is 0 Å². The third-order valence-electron chi connectivity index (χ3n) is 3.54. The minimum absolute atomic E-state index is 0.0562. The van der Waals surface area contributed by atoms with Crippen LogP contribution in [0.15, 0.2) is 35.3 Å². The Bertz CT molecular complexity index is 533. The predicted molar refractivity (Wildman–Crippen MR) is 74.2 cm³/mol. The fourth-order valence-corrected chi connectivity index (χ4v) is 3.00. The molecule has 1 aliphatic rings.